The van der Waals surface area contributed by atoms with Crippen molar-refractivity contribution in [3.05, 3.63) is 94.6 Å². The van der Waals surface area contributed by atoms with Gasteiger partial charge >= 0.3 is 12.2 Å². The van der Waals surface area contributed by atoms with Gasteiger partial charge in [-0.2, -0.15) is 0 Å². The number of hydrogen-bond acceptors (Lipinski definition) is 8. The van der Waals surface area contributed by atoms with E-state index in [9.17, 15) is 19.2 Å². The summed E-state index contributed by atoms with van der Waals surface area (Å²) >= 11 is 0. The molecule has 4 heterocycles. The molecule has 5 aromatic rings. The molecule has 2 aliphatic heterocycles. The summed E-state index contributed by atoms with van der Waals surface area (Å²) in [6.07, 6.45) is 6.35. The Morgan fingerprint density at radius 3 is 1.66 bits per heavy atom. The van der Waals surface area contributed by atoms with Gasteiger partial charge in [0.2, 0.25) is 11.8 Å². The molecule has 0 bridgehead atoms. The van der Waals surface area contributed by atoms with Crippen LogP contribution in [0.1, 0.15) is 137 Å². The number of aromatic amines is 2. The molecule has 3 fully saturated rings. The molecule has 9 rings (SSSR count). The lowest BCUT2D eigenvalue weighted by Crippen LogP contribution is -2.51. The zero-order chi connectivity index (χ0) is 44.8. The van der Waals surface area contributed by atoms with Crippen molar-refractivity contribution in [3.8, 4) is 0 Å². The van der Waals surface area contributed by atoms with Crippen LogP contribution in [0.2, 0.25) is 0 Å². The Bertz CT molecular complexity index is 2610. The van der Waals surface area contributed by atoms with Gasteiger partial charge < -0.3 is 39.9 Å². The number of fused-ring (bicyclic) bond motifs is 2. The number of methoxy groups -OCH3 is 2. The van der Waals surface area contributed by atoms with Crippen LogP contribution in [0.5, 0.6) is 0 Å². The molecule has 3 aromatic carbocycles. The molecule has 2 aliphatic carbocycles. The second-order valence-electron chi connectivity index (χ2n) is 18.7. The lowest BCUT2D eigenvalue weighted by Gasteiger charge is -2.29. The van der Waals surface area contributed by atoms with Crippen LogP contribution in [0.4, 0.5) is 9.59 Å². The van der Waals surface area contributed by atoms with Gasteiger partial charge in [-0.05, 0) is 127 Å². The Morgan fingerprint density at radius 2 is 1.14 bits per heavy atom. The van der Waals surface area contributed by atoms with Crippen molar-refractivity contribution in [2.75, 3.05) is 27.3 Å². The Hall–Kier alpha value is -6.18. The van der Waals surface area contributed by atoms with Crippen LogP contribution in [0.15, 0.2) is 60.7 Å². The smallest absolute Gasteiger partial charge is 0.407 e. The summed E-state index contributed by atoms with van der Waals surface area (Å²) in [6.45, 7) is 8.87. The Kier molecular flexibility index (Phi) is 12.0. The lowest BCUT2D eigenvalue weighted by molar-refractivity contribution is -0.136. The largest absolute Gasteiger partial charge is 0.453 e. The van der Waals surface area contributed by atoms with E-state index in [0.29, 0.717) is 19.0 Å². The summed E-state index contributed by atoms with van der Waals surface area (Å²) in [5.74, 6) is 1.81. The van der Waals surface area contributed by atoms with Crippen LogP contribution >= 0.6 is 0 Å². The number of hydrogen-bond donors (Lipinski definition) is 4. The summed E-state index contributed by atoms with van der Waals surface area (Å²) in [5.41, 5.74) is 11.1. The summed E-state index contributed by atoms with van der Waals surface area (Å²) < 4.78 is 9.66. The topological polar surface area (TPSA) is 175 Å². The number of nitrogens with zero attached hydrogens (tertiary/aromatic N) is 4. The van der Waals surface area contributed by atoms with Gasteiger partial charge in [0.25, 0.3) is 0 Å². The van der Waals surface area contributed by atoms with Gasteiger partial charge in [0.05, 0.1) is 48.4 Å². The highest BCUT2D eigenvalue weighted by Gasteiger charge is 2.40. The number of allylic oxidation sites excluding steroid dienone is 2. The van der Waals surface area contributed by atoms with E-state index < -0.39 is 24.3 Å². The fourth-order valence-electron chi connectivity index (χ4n) is 10.3. The van der Waals surface area contributed by atoms with E-state index in [1.807, 2.05) is 37.5 Å². The molecule has 0 radical (unpaired) electrons. The first-order valence-electron chi connectivity index (χ1n) is 23.0. The number of benzene rings is 3. The van der Waals surface area contributed by atoms with Crippen molar-refractivity contribution >= 4 is 57.2 Å². The number of imidazole rings is 2. The number of rotatable bonds is 12. The van der Waals surface area contributed by atoms with Gasteiger partial charge in [-0.25, -0.2) is 19.6 Å². The molecule has 4 aliphatic rings. The van der Waals surface area contributed by atoms with Crippen LogP contribution in [0.3, 0.4) is 0 Å². The van der Waals surface area contributed by atoms with Gasteiger partial charge in [0, 0.05) is 19.0 Å². The second kappa shape index (κ2) is 17.8. The lowest BCUT2D eigenvalue weighted by atomic mass is 9.86. The average Bonchev–Trinajstić information content (AvgIpc) is 3.84. The maximum absolute atomic E-state index is 13.9. The molecule has 2 saturated heterocycles. The number of carbonyl (C=O) groups is 4. The molecular weight excluding hydrogens is 809 g/mol. The van der Waals surface area contributed by atoms with E-state index in [2.05, 4.69) is 81.3 Å². The van der Waals surface area contributed by atoms with E-state index in [1.165, 1.54) is 54.9 Å². The monoisotopic (exact) mass is 868 g/mol. The molecule has 1 unspecified atom stereocenters. The second-order valence-corrected chi connectivity index (χ2v) is 18.7. The third kappa shape index (κ3) is 8.34. The predicted octanol–water partition coefficient (Wildman–Crippen LogP) is 8.89. The van der Waals surface area contributed by atoms with Gasteiger partial charge in [-0.15, -0.1) is 0 Å². The zero-order valence-corrected chi connectivity index (χ0v) is 37.7. The number of amides is 4. The van der Waals surface area contributed by atoms with Crippen molar-refractivity contribution in [3.63, 3.8) is 0 Å². The molecule has 14 nitrogen and oxygen atoms in total. The number of aromatic nitrogens is 4. The first kappa shape index (κ1) is 43.1. The van der Waals surface area contributed by atoms with Crippen molar-refractivity contribution in [2.45, 2.75) is 115 Å². The molecule has 2 aromatic heterocycles. The first-order chi connectivity index (χ1) is 30.9. The molecule has 4 N–H and O–H groups in total. The molecule has 14 heteroatoms. The fraction of sp³-hybridized carbons (Fsp3) is 0.480. The predicted molar refractivity (Wildman–Crippen MR) is 245 cm³/mol. The van der Waals surface area contributed by atoms with Gasteiger partial charge in [0.1, 0.15) is 23.7 Å². The molecule has 0 spiro atoms. The van der Waals surface area contributed by atoms with Gasteiger partial charge in [-0.1, -0.05) is 64.1 Å². The minimum absolute atomic E-state index is 0.115. The Balaban J connectivity index is 1.02. The molecule has 5 atom stereocenters. The van der Waals surface area contributed by atoms with Crippen LogP contribution in [-0.2, 0) is 19.1 Å². The highest BCUT2D eigenvalue weighted by Crippen LogP contribution is 2.50. The highest BCUT2D eigenvalue weighted by atomic mass is 16.5. The number of ether oxygens (including phenoxy) is 2. The van der Waals surface area contributed by atoms with Crippen molar-refractivity contribution in [2.24, 2.45) is 11.8 Å². The summed E-state index contributed by atoms with van der Waals surface area (Å²) in [4.78, 5) is 73.0. The minimum Gasteiger partial charge on any atom is -0.453 e. The zero-order valence-electron chi connectivity index (χ0n) is 37.7. The number of likely N-dealkylation sites (tertiary alicyclic amines) is 2. The van der Waals surface area contributed by atoms with E-state index in [1.54, 1.807) is 0 Å². The van der Waals surface area contributed by atoms with E-state index in [0.717, 1.165) is 77.8 Å². The van der Waals surface area contributed by atoms with Crippen LogP contribution in [-0.4, -0.2) is 93.1 Å². The number of H-pyrrole nitrogens is 2. The van der Waals surface area contributed by atoms with E-state index in [-0.39, 0.29) is 41.7 Å². The normalized spacial score (nSPS) is 21.0. The SMILES string of the molecule is COC(=O)N[C@H](C(=O)N1CCC[C@H]1c1nc2ccc(C3=C(c4ccc(C5CC5)cc4)C(c4ccc5nc([C@@H]6CCCN6C(=O)[C@@H](NC(=O)OC)C(C)C)[nH]c5c4)CC3)cc2[nH]1)C(C)C. The first-order valence-corrected chi connectivity index (χ1v) is 23.0. The standard InChI is InChI=1S/C50H60N8O6/c1-27(2)43(55-49(61)63-5)47(59)57-23-7-9-40(57)45-51-36-21-17-32(25-38(36)53-45)34-19-20-35(42(34)31-15-13-30(14-16-31)29-11-12-29)33-18-22-37-39(26-33)54-46(52-37)41-10-8-24-58(41)48(60)44(28(3)4)56-50(62)64-6/h13-18,21-22,25-29,34,40-41,43-44H,7-12,19-20,23-24H2,1-6H3,(H,51,53)(H,52,54)(H,55,61)(H,56,62)/t34?,40-,41-,43-,44-/m0/s1. The van der Waals surface area contributed by atoms with Crippen molar-refractivity contribution in [1.29, 1.82) is 0 Å². The van der Waals surface area contributed by atoms with Crippen LogP contribution < -0.4 is 10.6 Å². The molecule has 1 saturated carbocycles. The quantitative estimate of drug-likeness (QED) is 0.0962. The van der Waals surface area contributed by atoms with E-state index in [4.69, 9.17) is 19.4 Å². The summed E-state index contributed by atoms with van der Waals surface area (Å²) in [7, 11) is 2.61. The van der Waals surface area contributed by atoms with E-state index >= 15 is 0 Å². The summed E-state index contributed by atoms with van der Waals surface area (Å²) in [5, 5.41) is 5.49. The van der Waals surface area contributed by atoms with Crippen LogP contribution in [0.25, 0.3) is 33.2 Å². The van der Waals surface area contributed by atoms with Crippen LogP contribution in [0, 0.1) is 11.8 Å². The number of carbonyl (C=O) groups excluding carboxylic acids is 4. The Morgan fingerprint density at radius 1 is 0.641 bits per heavy atom. The maximum atomic E-state index is 13.9. The average molecular weight is 869 g/mol. The van der Waals surface area contributed by atoms with Gasteiger partial charge in [0.15, 0.2) is 0 Å². The highest BCUT2D eigenvalue weighted by molar-refractivity contribution is 5.98. The maximum Gasteiger partial charge on any atom is 0.407 e. The molecule has 336 valence electrons. The third-order valence-electron chi connectivity index (χ3n) is 13.9. The molecule has 64 heavy (non-hydrogen) atoms. The molecule has 4 amide bonds. The molecular formula is C50H60N8O6. The third-order valence-corrected chi connectivity index (χ3v) is 13.9. The van der Waals surface area contributed by atoms with Crippen molar-refractivity contribution < 1.29 is 28.7 Å². The fourth-order valence-corrected chi connectivity index (χ4v) is 10.3. The number of alkyl carbamates (subject to hydrolysis) is 2. The van der Waals surface area contributed by atoms with Gasteiger partial charge in [-0.3, -0.25) is 9.59 Å². The minimum atomic E-state index is -0.701. The summed E-state index contributed by atoms with van der Waals surface area (Å²) in [6, 6.07) is 20.4. The Labute approximate surface area is 373 Å². The van der Waals surface area contributed by atoms with Crippen molar-refractivity contribution in [1.82, 2.24) is 40.4 Å². The number of nitrogens with one attached hydrogen (secondary N) is 4.